The van der Waals surface area contributed by atoms with Crippen molar-refractivity contribution in [2.45, 2.75) is 19.1 Å². The van der Waals surface area contributed by atoms with Gasteiger partial charge in [0.15, 0.2) is 0 Å². The van der Waals surface area contributed by atoms with E-state index in [0.29, 0.717) is 6.29 Å². The summed E-state index contributed by atoms with van der Waals surface area (Å²) in [6.07, 6.45) is -0.206. The van der Waals surface area contributed by atoms with E-state index in [1.165, 1.54) is 6.92 Å². The summed E-state index contributed by atoms with van der Waals surface area (Å²) in [5.41, 5.74) is 5.00. The van der Waals surface area contributed by atoms with Crippen molar-refractivity contribution in [3.8, 4) is 0 Å². The molecular formula is C4H9NO2. The SMILES string of the molecule is C[C@@H](O)[C@@H](N)C=O. The van der Waals surface area contributed by atoms with E-state index in [0.717, 1.165) is 0 Å². The second-order valence-electron chi connectivity index (χ2n) is 1.45. The molecule has 0 aromatic carbocycles. The maximum absolute atomic E-state index is 9.66. The van der Waals surface area contributed by atoms with Crippen LogP contribution in [0.3, 0.4) is 0 Å². The van der Waals surface area contributed by atoms with E-state index in [1.54, 1.807) is 0 Å². The summed E-state index contributed by atoms with van der Waals surface area (Å²) >= 11 is 0. The minimum Gasteiger partial charge on any atom is -0.391 e. The van der Waals surface area contributed by atoms with Crippen LogP contribution in [0.2, 0.25) is 0 Å². The zero-order valence-corrected chi connectivity index (χ0v) is 4.16. The second kappa shape index (κ2) is 2.71. The molecule has 3 heteroatoms. The number of hydrogen-bond acceptors (Lipinski definition) is 3. The molecule has 0 spiro atoms. The van der Waals surface area contributed by atoms with Crippen molar-refractivity contribution in [2.75, 3.05) is 0 Å². The number of aliphatic hydroxyl groups excluding tert-OH is 1. The van der Waals surface area contributed by atoms with Gasteiger partial charge in [-0.25, -0.2) is 0 Å². The molecule has 42 valence electrons. The van der Waals surface area contributed by atoms with Gasteiger partial charge in [0.2, 0.25) is 0 Å². The molecule has 0 heterocycles. The summed E-state index contributed by atoms with van der Waals surface area (Å²) in [6.45, 7) is 1.47. The molecule has 0 bridgehead atoms. The highest BCUT2D eigenvalue weighted by atomic mass is 16.3. The fourth-order valence-electron chi connectivity index (χ4n) is 0.114. The number of nitrogens with two attached hydrogens (primary N) is 1. The quantitative estimate of drug-likeness (QED) is 0.436. The summed E-state index contributed by atoms with van der Waals surface area (Å²) in [6, 6.07) is -0.722. The van der Waals surface area contributed by atoms with E-state index in [2.05, 4.69) is 0 Å². The Morgan fingerprint density at radius 3 is 2.29 bits per heavy atom. The van der Waals surface area contributed by atoms with Gasteiger partial charge in [-0.15, -0.1) is 0 Å². The highest BCUT2D eigenvalue weighted by Gasteiger charge is 2.04. The van der Waals surface area contributed by atoms with Gasteiger partial charge in [-0.2, -0.15) is 0 Å². The highest BCUT2D eigenvalue weighted by Crippen LogP contribution is 1.80. The zero-order chi connectivity index (χ0) is 5.86. The van der Waals surface area contributed by atoms with E-state index in [1.807, 2.05) is 0 Å². The average molecular weight is 103 g/mol. The molecule has 3 nitrogen and oxygen atoms in total. The minimum absolute atomic E-state index is 0.519. The van der Waals surface area contributed by atoms with Crippen molar-refractivity contribution in [1.29, 1.82) is 0 Å². The Morgan fingerprint density at radius 1 is 1.86 bits per heavy atom. The molecule has 3 N–H and O–H groups in total. The number of hydrogen-bond donors (Lipinski definition) is 2. The van der Waals surface area contributed by atoms with Crippen LogP contribution < -0.4 is 5.73 Å². The van der Waals surface area contributed by atoms with Crippen molar-refractivity contribution in [1.82, 2.24) is 0 Å². The fraction of sp³-hybridized carbons (Fsp3) is 0.750. The molecular weight excluding hydrogens is 94.0 g/mol. The zero-order valence-electron chi connectivity index (χ0n) is 4.16. The first-order valence-electron chi connectivity index (χ1n) is 2.07. The molecule has 0 radical (unpaired) electrons. The Morgan fingerprint density at radius 2 is 2.29 bits per heavy atom. The van der Waals surface area contributed by atoms with Crippen LogP contribution in [0.25, 0.3) is 0 Å². The Balaban J connectivity index is 3.33. The smallest absolute Gasteiger partial charge is 0.139 e. The lowest BCUT2D eigenvalue weighted by Gasteiger charge is -2.03. The van der Waals surface area contributed by atoms with Crippen molar-refractivity contribution in [3.63, 3.8) is 0 Å². The van der Waals surface area contributed by atoms with Crippen LogP contribution in [0, 0.1) is 0 Å². The molecule has 0 unspecified atom stereocenters. The first-order valence-corrected chi connectivity index (χ1v) is 2.07. The van der Waals surface area contributed by atoms with Crippen LogP contribution in [-0.2, 0) is 4.79 Å². The fourth-order valence-corrected chi connectivity index (χ4v) is 0.114. The van der Waals surface area contributed by atoms with Crippen LogP contribution in [-0.4, -0.2) is 23.5 Å². The molecule has 2 atom stereocenters. The molecule has 0 saturated heterocycles. The van der Waals surface area contributed by atoms with Crippen molar-refractivity contribution >= 4 is 6.29 Å². The minimum atomic E-state index is -0.725. The summed E-state index contributed by atoms with van der Waals surface area (Å²) in [4.78, 5) is 9.66. The maximum Gasteiger partial charge on any atom is 0.139 e. The number of carbonyl (C=O) groups excluding carboxylic acids is 1. The maximum atomic E-state index is 9.66. The van der Waals surface area contributed by atoms with Crippen molar-refractivity contribution in [2.24, 2.45) is 5.73 Å². The molecule has 0 saturated carbocycles. The Kier molecular flexibility index (Phi) is 2.55. The molecule has 0 aromatic rings. The van der Waals surface area contributed by atoms with Crippen LogP contribution in [0.4, 0.5) is 0 Å². The van der Waals surface area contributed by atoms with Crippen molar-refractivity contribution in [3.05, 3.63) is 0 Å². The highest BCUT2D eigenvalue weighted by molar-refractivity contribution is 5.57. The van der Waals surface area contributed by atoms with Gasteiger partial charge in [0.1, 0.15) is 6.29 Å². The molecule has 0 aliphatic carbocycles. The molecule has 0 aliphatic heterocycles. The van der Waals surface area contributed by atoms with Gasteiger partial charge in [0.25, 0.3) is 0 Å². The van der Waals surface area contributed by atoms with E-state index in [-0.39, 0.29) is 0 Å². The number of aldehydes is 1. The Bertz CT molecular complexity index is 62.7. The standard InChI is InChI=1S/C4H9NO2/c1-3(7)4(5)2-6/h2-4,7H,5H2,1H3/t3-,4+/m1/s1. The summed E-state index contributed by atoms with van der Waals surface area (Å²) < 4.78 is 0. The van der Waals surface area contributed by atoms with E-state index in [4.69, 9.17) is 10.8 Å². The molecule has 0 amide bonds. The van der Waals surface area contributed by atoms with Gasteiger partial charge in [0.05, 0.1) is 12.1 Å². The van der Waals surface area contributed by atoms with Gasteiger partial charge in [-0.05, 0) is 6.92 Å². The van der Waals surface area contributed by atoms with Crippen molar-refractivity contribution < 1.29 is 9.90 Å². The third kappa shape index (κ3) is 2.31. The number of rotatable bonds is 2. The first-order chi connectivity index (χ1) is 3.18. The molecule has 7 heavy (non-hydrogen) atoms. The van der Waals surface area contributed by atoms with Gasteiger partial charge < -0.3 is 15.6 Å². The molecule has 0 fully saturated rings. The van der Waals surface area contributed by atoms with Gasteiger partial charge in [0, 0.05) is 0 Å². The van der Waals surface area contributed by atoms with Crippen LogP contribution in [0.1, 0.15) is 6.92 Å². The molecule has 0 aliphatic rings. The Hall–Kier alpha value is -0.410. The normalized spacial score (nSPS) is 18.1. The van der Waals surface area contributed by atoms with Crippen LogP contribution in [0.15, 0.2) is 0 Å². The predicted octanol–water partition coefficient (Wildman–Crippen LogP) is -1.11. The summed E-state index contributed by atoms with van der Waals surface area (Å²) in [5.74, 6) is 0. The summed E-state index contributed by atoms with van der Waals surface area (Å²) in [5, 5.41) is 8.46. The molecule has 0 rings (SSSR count). The van der Waals surface area contributed by atoms with Gasteiger partial charge in [-0.1, -0.05) is 0 Å². The van der Waals surface area contributed by atoms with E-state index < -0.39 is 12.1 Å². The lowest BCUT2D eigenvalue weighted by molar-refractivity contribution is -0.110. The average Bonchev–Trinajstić information content (AvgIpc) is 1.65. The lowest BCUT2D eigenvalue weighted by Crippen LogP contribution is -2.33. The lowest BCUT2D eigenvalue weighted by atomic mass is 10.2. The monoisotopic (exact) mass is 103 g/mol. The number of aliphatic hydroxyl groups is 1. The molecule has 0 aromatic heterocycles. The van der Waals surface area contributed by atoms with E-state index in [9.17, 15) is 4.79 Å². The van der Waals surface area contributed by atoms with Gasteiger partial charge in [-0.3, -0.25) is 0 Å². The third-order valence-corrected chi connectivity index (χ3v) is 0.714. The van der Waals surface area contributed by atoms with Crippen LogP contribution in [0.5, 0.6) is 0 Å². The van der Waals surface area contributed by atoms with Crippen LogP contribution >= 0.6 is 0 Å². The van der Waals surface area contributed by atoms with Gasteiger partial charge >= 0.3 is 0 Å². The predicted molar refractivity (Wildman–Crippen MR) is 25.7 cm³/mol. The first kappa shape index (κ1) is 6.59. The Labute approximate surface area is 42.1 Å². The second-order valence-corrected chi connectivity index (χ2v) is 1.45. The summed E-state index contributed by atoms with van der Waals surface area (Å²) in [7, 11) is 0. The largest absolute Gasteiger partial charge is 0.391 e. The third-order valence-electron chi connectivity index (χ3n) is 0.714. The van der Waals surface area contributed by atoms with E-state index >= 15 is 0 Å². The number of carbonyl (C=O) groups is 1. The topological polar surface area (TPSA) is 63.3 Å².